The highest BCUT2D eigenvalue weighted by atomic mass is 15.2. The summed E-state index contributed by atoms with van der Waals surface area (Å²) >= 11 is 0. The number of hydrogen-bond donors (Lipinski definition) is 3. The van der Waals surface area contributed by atoms with Crippen LogP contribution in [-0.4, -0.2) is 12.3 Å². The summed E-state index contributed by atoms with van der Waals surface area (Å²) in [6, 6.07) is 0. The summed E-state index contributed by atoms with van der Waals surface area (Å²) in [5.41, 5.74) is 11.4. The van der Waals surface area contributed by atoms with Crippen molar-refractivity contribution in [2.75, 3.05) is 6.54 Å². The first kappa shape index (κ1) is 11.9. The fraction of sp³-hybridized carbons (Fsp3) is 1.00. The van der Waals surface area contributed by atoms with Crippen molar-refractivity contribution in [1.82, 2.24) is 5.32 Å². The summed E-state index contributed by atoms with van der Waals surface area (Å²) in [6.45, 7) is 5.12. The summed E-state index contributed by atoms with van der Waals surface area (Å²) in [5.74, 6) is -0.661. The van der Waals surface area contributed by atoms with Gasteiger partial charge in [0.1, 0.15) is 5.79 Å². The van der Waals surface area contributed by atoms with E-state index in [4.69, 9.17) is 11.5 Å². The van der Waals surface area contributed by atoms with E-state index in [1.807, 2.05) is 6.92 Å². The van der Waals surface area contributed by atoms with E-state index in [1.165, 1.54) is 25.7 Å². The second-order valence-electron chi connectivity index (χ2n) is 3.38. The number of nitrogens with two attached hydrogens (primary N) is 2. The lowest BCUT2D eigenvalue weighted by molar-refractivity contribution is 0.331. The van der Waals surface area contributed by atoms with E-state index in [9.17, 15) is 0 Å². The topological polar surface area (TPSA) is 64.1 Å². The maximum Gasteiger partial charge on any atom is 0.118 e. The molecule has 12 heavy (non-hydrogen) atoms. The van der Waals surface area contributed by atoms with Crippen molar-refractivity contribution >= 4 is 0 Å². The Hall–Kier alpha value is -0.120. The van der Waals surface area contributed by atoms with Crippen LogP contribution in [0.1, 0.15) is 46.0 Å². The minimum Gasteiger partial charge on any atom is -0.301 e. The Morgan fingerprint density at radius 1 is 1.08 bits per heavy atom. The molecule has 0 saturated carbocycles. The number of unbranched alkanes of at least 4 members (excludes halogenated alkanes) is 3. The van der Waals surface area contributed by atoms with Gasteiger partial charge >= 0.3 is 0 Å². The van der Waals surface area contributed by atoms with Gasteiger partial charge in [-0.25, -0.2) is 0 Å². The molecule has 74 valence electrons. The van der Waals surface area contributed by atoms with Crippen molar-refractivity contribution < 1.29 is 0 Å². The van der Waals surface area contributed by atoms with Gasteiger partial charge in [-0.2, -0.15) is 0 Å². The average Bonchev–Trinajstić information content (AvgIpc) is 2.04. The summed E-state index contributed by atoms with van der Waals surface area (Å²) in [6.07, 6.45) is 5.77. The van der Waals surface area contributed by atoms with Gasteiger partial charge in [0, 0.05) is 0 Å². The third-order valence-electron chi connectivity index (χ3n) is 2.07. The third kappa shape index (κ3) is 6.58. The molecule has 0 aromatic rings. The molecular weight excluding hydrogens is 150 g/mol. The van der Waals surface area contributed by atoms with Crippen molar-refractivity contribution in [2.45, 2.75) is 51.7 Å². The van der Waals surface area contributed by atoms with Crippen LogP contribution in [-0.2, 0) is 0 Å². The number of rotatable bonds is 7. The van der Waals surface area contributed by atoms with Gasteiger partial charge in [0.05, 0.1) is 0 Å². The summed E-state index contributed by atoms with van der Waals surface area (Å²) in [4.78, 5) is 0. The highest BCUT2D eigenvalue weighted by Crippen LogP contribution is 1.98. The van der Waals surface area contributed by atoms with Crippen LogP contribution in [0.15, 0.2) is 0 Å². The molecule has 0 aliphatic heterocycles. The normalized spacial score (nSPS) is 12.0. The second-order valence-corrected chi connectivity index (χ2v) is 3.38. The SMILES string of the molecule is CCCCCCNC(N)(N)CC. The summed E-state index contributed by atoms with van der Waals surface area (Å²) in [5, 5.41) is 3.12. The predicted molar refractivity (Wildman–Crippen MR) is 53.5 cm³/mol. The largest absolute Gasteiger partial charge is 0.301 e. The Kier molecular flexibility index (Phi) is 6.34. The molecule has 0 atom stereocenters. The standard InChI is InChI=1S/C9H23N3/c1-3-5-6-7-8-12-9(10,11)4-2/h12H,3-8,10-11H2,1-2H3. The Balaban J connectivity index is 3.19. The van der Waals surface area contributed by atoms with E-state index < -0.39 is 5.79 Å². The molecule has 0 unspecified atom stereocenters. The molecule has 0 bridgehead atoms. The first-order valence-electron chi connectivity index (χ1n) is 4.95. The van der Waals surface area contributed by atoms with Gasteiger partial charge in [-0.15, -0.1) is 0 Å². The van der Waals surface area contributed by atoms with Crippen LogP contribution >= 0.6 is 0 Å². The molecule has 0 aliphatic carbocycles. The second kappa shape index (κ2) is 6.40. The molecule has 0 aromatic heterocycles. The first-order chi connectivity index (χ1) is 5.62. The number of nitrogens with one attached hydrogen (secondary N) is 1. The highest BCUT2D eigenvalue weighted by Gasteiger charge is 2.13. The molecule has 0 spiro atoms. The quantitative estimate of drug-likeness (QED) is 0.399. The molecule has 3 heteroatoms. The molecular formula is C9H23N3. The van der Waals surface area contributed by atoms with Crippen LogP contribution in [0.2, 0.25) is 0 Å². The van der Waals surface area contributed by atoms with Gasteiger partial charge in [-0.05, 0) is 19.4 Å². The maximum absolute atomic E-state index is 5.70. The van der Waals surface area contributed by atoms with Gasteiger partial charge in [0.2, 0.25) is 0 Å². The molecule has 0 saturated heterocycles. The minimum atomic E-state index is -0.661. The van der Waals surface area contributed by atoms with Crippen molar-refractivity contribution in [2.24, 2.45) is 11.5 Å². The van der Waals surface area contributed by atoms with E-state index in [-0.39, 0.29) is 0 Å². The first-order valence-corrected chi connectivity index (χ1v) is 4.95. The Morgan fingerprint density at radius 3 is 2.25 bits per heavy atom. The Labute approximate surface area is 75.9 Å². The zero-order chi connectivity index (χ0) is 9.45. The zero-order valence-corrected chi connectivity index (χ0v) is 8.40. The van der Waals surface area contributed by atoms with Crippen molar-refractivity contribution in [3.8, 4) is 0 Å². The van der Waals surface area contributed by atoms with Gasteiger partial charge in [0.15, 0.2) is 0 Å². The van der Waals surface area contributed by atoms with E-state index in [1.54, 1.807) is 0 Å². The Morgan fingerprint density at radius 2 is 1.75 bits per heavy atom. The monoisotopic (exact) mass is 173 g/mol. The molecule has 0 rings (SSSR count). The van der Waals surface area contributed by atoms with Gasteiger partial charge in [0.25, 0.3) is 0 Å². The molecule has 0 fully saturated rings. The molecule has 0 aromatic carbocycles. The van der Waals surface area contributed by atoms with Crippen LogP contribution in [0, 0.1) is 0 Å². The fourth-order valence-corrected chi connectivity index (χ4v) is 0.998. The smallest absolute Gasteiger partial charge is 0.118 e. The van der Waals surface area contributed by atoms with E-state index in [0.717, 1.165) is 13.0 Å². The molecule has 3 nitrogen and oxygen atoms in total. The van der Waals surface area contributed by atoms with Crippen molar-refractivity contribution in [1.29, 1.82) is 0 Å². The molecule has 0 amide bonds. The van der Waals surface area contributed by atoms with E-state index in [2.05, 4.69) is 12.2 Å². The fourth-order valence-electron chi connectivity index (χ4n) is 0.998. The Bertz CT molecular complexity index is 102. The highest BCUT2D eigenvalue weighted by molar-refractivity contribution is 4.70. The van der Waals surface area contributed by atoms with Crippen molar-refractivity contribution in [3.05, 3.63) is 0 Å². The van der Waals surface area contributed by atoms with Crippen molar-refractivity contribution in [3.63, 3.8) is 0 Å². The summed E-state index contributed by atoms with van der Waals surface area (Å²) < 4.78 is 0. The molecule has 0 aliphatic rings. The lowest BCUT2D eigenvalue weighted by Gasteiger charge is -2.24. The molecule has 0 heterocycles. The van der Waals surface area contributed by atoms with Crippen LogP contribution in [0.4, 0.5) is 0 Å². The molecule has 5 N–H and O–H groups in total. The maximum atomic E-state index is 5.70. The van der Waals surface area contributed by atoms with Gasteiger partial charge in [-0.1, -0.05) is 33.1 Å². The number of hydrogen-bond acceptors (Lipinski definition) is 3. The van der Waals surface area contributed by atoms with Gasteiger partial charge < -0.3 is 11.5 Å². The van der Waals surface area contributed by atoms with Gasteiger partial charge in [-0.3, -0.25) is 5.32 Å². The third-order valence-corrected chi connectivity index (χ3v) is 2.07. The lowest BCUT2D eigenvalue weighted by atomic mass is 10.2. The van der Waals surface area contributed by atoms with Crippen LogP contribution < -0.4 is 16.8 Å². The van der Waals surface area contributed by atoms with Crippen LogP contribution in [0.25, 0.3) is 0 Å². The zero-order valence-electron chi connectivity index (χ0n) is 8.40. The lowest BCUT2D eigenvalue weighted by Crippen LogP contribution is -2.60. The van der Waals surface area contributed by atoms with Crippen LogP contribution in [0.3, 0.4) is 0 Å². The van der Waals surface area contributed by atoms with E-state index in [0.29, 0.717) is 0 Å². The molecule has 0 radical (unpaired) electrons. The van der Waals surface area contributed by atoms with Crippen LogP contribution in [0.5, 0.6) is 0 Å². The van der Waals surface area contributed by atoms with E-state index >= 15 is 0 Å². The summed E-state index contributed by atoms with van der Waals surface area (Å²) in [7, 11) is 0. The average molecular weight is 173 g/mol. The predicted octanol–water partition coefficient (Wildman–Crippen LogP) is 1.14. The minimum absolute atomic E-state index is 0.661.